The van der Waals surface area contributed by atoms with Crippen LogP contribution in [0.15, 0.2) is 28.8 Å². The smallest absolute Gasteiger partial charge is 0.229 e. The average Bonchev–Trinajstić information content (AvgIpc) is 3.08. The largest absolute Gasteiger partial charge is 0.344 e. The lowest BCUT2D eigenvalue weighted by atomic mass is 10.1. The first kappa shape index (κ1) is 15.1. The van der Waals surface area contributed by atoms with Crippen LogP contribution in [0.4, 0.5) is 0 Å². The molecule has 4 nitrogen and oxygen atoms in total. The maximum absolute atomic E-state index is 12.4. The second-order valence-corrected chi connectivity index (χ2v) is 6.20. The van der Waals surface area contributed by atoms with Crippen LogP contribution in [0.2, 0.25) is 5.22 Å². The van der Waals surface area contributed by atoms with Crippen molar-refractivity contribution in [2.24, 2.45) is 0 Å². The van der Waals surface area contributed by atoms with E-state index in [-0.39, 0.29) is 11.9 Å². The van der Waals surface area contributed by atoms with E-state index in [0.717, 1.165) is 24.1 Å². The number of fused-ring (bicyclic) bond motifs is 1. The van der Waals surface area contributed by atoms with Crippen LogP contribution in [-0.2, 0) is 24.1 Å². The number of carbonyl (C=O) groups excluding carboxylic acids is 1. The highest BCUT2D eigenvalue weighted by atomic mass is 35.5. The Kier molecular flexibility index (Phi) is 4.21. The van der Waals surface area contributed by atoms with Crippen molar-refractivity contribution in [2.75, 3.05) is 7.05 Å². The number of aromatic nitrogens is 1. The summed E-state index contributed by atoms with van der Waals surface area (Å²) in [7, 11) is 1.89. The van der Waals surface area contributed by atoms with Crippen LogP contribution >= 0.6 is 11.6 Å². The topological polar surface area (TPSA) is 46.3 Å². The molecule has 1 heterocycles. The monoisotopic (exact) mass is 318 g/mol. The number of nitrogens with zero attached hydrogens (tertiary/aromatic N) is 2. The third-order valence-corrected chi connectivity index (χ3v) is 4.79. The quantitative estimate of drug-likeness (QED) is 0.869. The molecule has 0 bridgehead atoms. The molecular formula is C17H19ClN2O2. The molecule has 116 valence electrons. The molecule has 0 spiro atoms. The third kappa shape index (κ3) is 2.88. The molecule has 1 aliphatic rings. The van der Waals surface area contributed by atoms with Gasteiger partial charge >= 0.3 is 0 Å². The van der Waals surface area contributed by atoms with Crippen LogP contribution < -0.4 is 0 Å². The molecule has 0 fully saturated rings. The highest BCUT2D eigenvalue weighted by Gasteiger charge is 2.27. The molecule has 0 aliphatic heterocycles. The van der Waals surface area contributed by atoms with Crippen LogP contribution in [0.5, 0.6) is 0 Å². The van der Waals surface area contributed by atoms with Gasteiger partial charge in [0.25, 0.3) is 0 Å². The van der Waals surface area contributed by atoms with Gasteiger partial charge in [-0.2, -0.15) is 0 Å². The fraction of sp³-hybridized carbons (Fsp3) is 0.412. The molecule has 2 aromatic rings. The van der Waals surface area contributed by atoms with Crippen molar-refractivity contribution in [3.63, 3.8) is 0 Å². The Balaban J connectivity index is 1.59. The van der Waals surface area contributed by atoms with E-state index in [1.165, 1.54) is 11.1 Å². The summed E-state index contributed by atoms with van der Waals surface area (Å²) in [5, 5.41) is 4.10. The predicted octanol–water partition coefficient (Wildman–Crippen LogP) is 3.19. The number of likely N-dealkylation sites (N-methyl/N-ethyl adjacent to an activating group) is 1. The SMILES string of the molecule is Cc1noc(Cl)c1CCC(=O)N(C)C1Cc2ccccc2C1. The van der Waals surface area contributed by atoms with Crippen molar-refractivity contribution in [3.8, 4) is 0 Å². The molecule has 0 atom stereocenters. The number of halogens is 1. The van der Waals surface area contributed by atoms with Gasteiger partial charge in [0.05, 0.1) is 5.69 Å². The lowest BCUT2D eigenvalue weighted by molar-refractivity contribution is -0.131. The highest BCUT2D eigenvalue weighted by Crippen LogP contribution is 2.26. The standard InChI is InChI=1S/C17H19ClN2O2/c1-11-15(17(18)22-19-11)7-8-16(21)20(2)14-9-12-5-3-4-6-13(12)10-14/h3-6,14H,7-10H2,1-2H3. The van der Waals surface area contributed by atoms with Crippen molar-refractivity contribution < 1.29 is 9.32 Å². The van der Waals surface area contributed by atoms with Gasteiger partial charge in [-0.15, -0.1) is 0 Å². The fourth-order valence-corrected chi connectivity index (χ4v) is 3.33. The Morgan fingerprint density at radius 2 is 2.00 bits per heavy atom. The second-order valence-electron chi connectivity index (χ2n) is 5.86. The Morgan fingerprint density at radius 1 is 1.36 bits per heavy atom. The minimum absolute atomic E-state index is 0.134. The molecule has 1 amide bonds. The molecule has 1 aliphatic carbocycles. The molecule has 0 unspecified atom stereocenters. The maximum atomic E-state index is 12.4. The van der Waals surface area contributed by atoms with Gasteiger partial charge in [0, 0.05) is 25.1 Å². The number of aryl methyl sites for hydroxylation is 1. The van der Waals surface area contributed by atoms with Gasteiger partial charge in [-0.1, -0.05) is 29.4 Å². The number of benzene rings is 1. The summed E-state index contributed by atoms with van der Waals surface area (Å²) < 4.78 is 4.92. The molecule has 5 heteroatoms. The molecular weight excluding hydrogens is 300 g/mol. The number of hydrogen-bond donors (Lipinski definition) is 0. The van der Waals surface area contributed by atoms with E-state index in [1.807, 2.05) is 18.9 Å². The molecule has 0 radical (unpaired) electrons. The highest BCUT2D eigenvalue weighted by molar-refractivity contribution is 6.29. The van der Waals surface area contributed by atoms with Gasteiger partial charge in [0.2, 0.25) is 11.1 Å². The minimum atomic E-state index is 0.134. The Labute approximate surface area is 135 Å². The normalized spacial score (nSPS) is 14.1. The van der Waals surface area contributed by atoms with Crippen molar-refractivity contribution in [2.45, 2.75) is 38.6 Å². The van der Waals surface area contributed by atoms with Gasteiger partial charge in [-0.3, -0.25) is 4.79 Å². The van der Waals surface area contributed by atoms with E-state index < -0.39 is 0 Å². The van der Waals surface area contributed by atoms with Gasteiger partial charge < -0.3 is 9.42 Å². The Bertz CT molecular complexity index is 651. The lowest BCUT2D eigenvalue weighted by Crippen LogP contribution is -2.37. The zero-order valence-electron chi connectivity index (χ0n) is 12.8. The molecule has 1 aromatic heterocycles. The van der Waals surface area contributed by atoms with Gasteiger partial charge in [0.1, 0.15) is 0 Å². The van der Waals surface area contributed by atoms with Crippen LogP contribution in [0, 0.1) is 6.92 Å². The van der Waals surface area contributed by atoms with Crippen LogP contribution in [-0.4, -0.2) is 29.1 Å². The summed E-state index contributed by atoms with van der Waals surface area (Å²) >= 11 is 5.94. The average molecular weight is 319 g/mol. The van der Waals surface area contributed by atoms with Gasteiger partial charge in [-0.25, -0.2) is 0 Å². The Morgan fingerprint density at radius 3 is 2.55 bits per heavy atom. The number of amides is 1. The van der Waals surface area contributed by atoms with E-state index in [1.54, 1.807) is 0 Å². The number of rotatable bonds is 4. The van der Waals surface area contributed by atoms with Crippen molar-refractivity contribution in [1.29, 1.82) is 0 Å². The van der Waals surface area contributed by atoms with Crippen LogP contribution in [0.1, 0.15) is 28.8 Å². The third-order valence-electron chi connectivity index (χ3n) is 4.50. The van der Waals surface area contributed by atoms with E-state index >= 15 is 0 Å². The number of carbonyl (C=O) groups is 1. The van der Waals surface area contributed by atoms with Crippen molar-refractivity contribution in [1.82, 2.24) is 10.1 Å². The summed E-state index contributed by atoms with van der Waals surface area (Å²) in [6, 6.07) is 8.66. The van der Waals surface area contributed by atoms with E-state index in [4.69, 9.17) is 16.1 Å². The molecule has 22 heavy (non-hydrogen) atoms. The Hall–Kier alpha value is -1.81. The number of hydrogen-bond acceptors (Lipinski definition) is 3. The molecule has 3 rings (SSSR count). The van der Waals surface area contributed by atoms with Gasteiger partial charge in [-0.05, 0) is 48.9 Å². The first-order valence-corrected chi connectivity index (χ1v) is 7.87. The van der Waals surface area contributed by atoms with E-state index in [2.05, 4.69) is 29.4 Å². The fourth-order valence-electron chi connectivity index (χ4n) is 3.06. The minimum Gasteiger partial charge on any atom is -0.344 e. The summed E-state index contributed by atoms with van der Waals surface area (Å²) in [6.07, 6.45) is 2.86. The van der Waals surface area contributed by atoms with Crippen LogP contribution in [0.3, 0.4) is 0 Å². The summed E-state index contributed by atoms with van der Waals surface area (Å²) in [5.41, 5.74) is 4.29. The van der Waals surface area contributed by atoms with Gasteiger partial charge in [0.15, 0.2) is 0 Å². The van der Waals surface area contributed by atoms with E-state index in [0.29, 0.717) is 18.1 Å². The summed E-state index contributed by atoms with van der Waals surface area (Å²) in [6.45, 7) is 1.84. The molecule has 0 N–H and O–H groups in total. The molecule has 0 saturated carbocycles. The zero-order chi connectivity index (χ0) is 15.7. The molecule has 1 aromatic carbocycles. The van der Waals surface area contributed by atoms with E-state index in [9.17, 15) is 4.79 Å². The zero-order valence-corrected chi connectivity index (χ0v) is 13.6. The lowest BCUT2D eigenvalue weighted by Gasteiger charge is -2.24. The summed E-state index contributed by atoms with van der Waals surface area (Å²) in [5.74, 6) is 0.134. The first-order valence-electron chi connectivity index (χ1n) is 7.49. The maximum Gasteiger partial charge on any atom is 0.229 e. The second kappa shape index (κ2) is 6.13. The van der Waals surface area contributed by atoms with Crippen molar-refractivity contribution >= 4 is 17.5 Å². The van der Waals surface area contributed by atoms with Crippen LogP contribution in [0.25, 0.3) is 0 Å². The molecule has 0 saturated heterocycles. The first-order chi connectivity index (χ1) is 10.6. The van der Waals surface area contributed by atoms with Crippen molar-refractivity contribution in [3.05, 3.63) is 51.9 Å². The summed E-state index contributed by atoms with van der Waals surface area (Å²) in [4.78, 5) is 14.3. The predicted molar refractivity (Wildman–Crippen MR) is 85.0 cm³/mol.